The molecule has 0 aliphatic heterocycles. The van der Waals surface area contributed by atoms with Gasteiger partial charge in [0.25, 0.3) is 5.56 Å². The Bertz CT molecular complexity index is 1180. The molecule has 3 rings (SSSR count). The van der Waals surface area contributed by atoms with Crippen LogP contribution in [0, 0.1) is 0 Å². The van der Waals surface area contributed by atoms with Crippen LogP contribution < -0.4 is 17.0 Å². The second-order valence-electron chi connectivity index (χ2n) is 6.14. The summed E-state index contributed by atoms with van der Waals surface area (Å²) in [5.74, 6) is -0.452. The summed E-state index contributed by atoms with van der Waals surface area (Å²) in [6.45, 7) is 2.93. The number of rotatable bonds is 5. The van der Waals surface area contributed by atoms with Gasteiger partial charge in [0.2, 0.25) is 5.89 Å². The van der Waals surface area contributed by atoms with E-state index in [1.807, 2.05) is 0 Å². The second-order valence-corrected chi connectivity index (χ2v) is 6.96. The lowest BCUT2D eigenvalue weighted by molar-refractivity contribution is 0.271. The summed E-state index contributed by atoms with van der Waals surface area (Å²) in [7, 11) is 0. The molecule has 0 saturated carbocycles. The van der Waals surface area contributed by atoms with Crippen LogP contribution >= 0.6 is 23.2 Å². The summed E-state index contributed by atoms with van der Waals surface area (Å²) in [5, 5.41) is 17.4. The van der Waals surface area contributed by atoms with E-state index in [9.17, 15) is 14.4 Å². The molecule has 148 valence electrons. The fraction of sp³-hybridized carbons (Fsp3) is 0.312. The van der Waals surface area contributed by atoms with E-state index in [0.717, 1.165) is 4.68 Å². The summed E-state index contributed by atoms with van der Waals surface area (Å²) in [6.07, 6.45) is 0.0583. The zero-order chi connectivity index (χ0) is 20.6. The Balaban J connectivity index is 2.03. The molecule has 0 saturated heterocycles. The number of aromatic amines is 1. The average molecular weight is 428 g/mol. The number of nitrogens with zero attached hydrogens (tertiary/aromatic N) is 4. The molecule has 0 unspecified atom stereocenters. The number of benzene rings is 1. The topological polar surface area (TPSA) is 136 Å². The average Bonchev–Trinajstić information content (AvgIpc) is 2.99. The van der Waals surface area contributed by atoms with E-state index in [4.69, 9.17) is 32.7 Å². The second kappa shape index (κ2) is 7.74. The summed E-state index contributed by atoms with van der Waals surface area (Å²) >= 11 is 12.6. The first-order valence-electron chi connectivity index (χ1n) is 8.11. The van der Waals surface area contributed by atoms with Gasteiger partial charge in [0.05, 0.1) is 24.8 Å². The third kappa shape index (κ3) is 3.79. The normalized spacial score (nSPS) is 11.4. The predicted octanol–water partition coefficient (Wildman–Crippen LogP) is 1.04. The number of aromatic nitrogens is 5. The Morgan fingerprint density at radius 3 is 2.36 bits per heavy atom. The lowest BCUT2D eigenvalue weighted by Crippen LogP contribution is -2.34. The SMILES string of the molecule is CC(C)n1nc(Cc2c(Cl)cc(-n3nc(CO)c(=O)[nH]c3=O)cc2Cl)oc1=O. The van der Waals surface area contributed by atoms with Gasteiger partial charge in [-0.1, -0.05) is 23.2 Å². The standard InChI is InChI=1S/C16H15Cl2N5O5/c1-7(2)22-16(27)28-13(21-22)5-9-10(17)3-8(4-11(9)18)23-15(26)19-14(25)12(6-24)20-23/h3-4,7,24H,5-6H2,1-2H3,(H,19,25,26). The molecule has 2 aromatic heterocycles. The van der Waals surface area contributed by atoms with Gasteiger partial charge in [-0.15, -0.1) is 5.10 Å². The molecule has 0 bridgehead atoms. The molecule has 0 amide bonds. The molecule has 0 aliphatic rings. The van der Waals surface area contributed by atoms with Gasteiger partial charge in [0.1, 0.15) is 0 Å². The first kappa shape index (κ1) is 20.1. The van der Waals surface area contributed by atoms with Gasteiger partial charge < -0.3 is 9.52 Å². The molecule has 2 heterocycles. The van der Waals surface area contributed by atoms with Crippen LogP contribution in [0.1, 0.15) is 37.0 Å². The third-order valence-electron chi connectivity index (χ3n) is 3.84. The van der Waals surface area contributed by atoms with Crippen molar-refractivity contribution in [1.29, 1.82) is 0 Å². The van der Waals surface area contributed by atoms with Crippen molar-refractivity contribution in [2.45, 2.75) is 32.9 Å². The molecule has 0 atom stereocenters. The Hall–Kier alpha value is -2.69. The first-order valence-corrected chi connectivity index (χ1v) is 8.87. The van der Waals surface area contributed by atoms with Crippen LogP contribution in [-0.4, -0.2) is 29.7 Å². The molecule has 0 radical (unpaired) electrons. The van der Waals surface area contributed by atoms with Crippen LogP contribution in [0.25, 0.3) is 5.69 Å². The van der Waals surface area contributed by atoms with Crippen molar-refractivity contribution in [2.24, 2.45) is 0 Å². The van der Waals surface area contributed by atoms with Crippen LogP contribution in [0.15, 0.2) is 30.9 Å². The molecule has 0 spiro atoms. The lowest BCUT2D eigenvalue weighted by Gasteiger charge is -2.10. The first-order chi connectivity index (χ1) is 13.2. The molecular formula is C16H15Cl2N5O5. The van der Waals surface area contributed by atoms with Crippen molar-refractivity contribution in [2.75, 3.05) is 0 Å². The molecule has 3 aromatic rings. The van der Waals surface area contributed by atoms with Crippen molar-refractivity contribution in [3.63, 3.8) is 0 Å². The molecule has 2 N–H and O–H groups in total. The van der Waals surface area contributed by atoms with E-state index in [0.29, 0.717) is 5.56 Å². The number of nitrogens with one attached hydrogen (secondary N) is 1. The van der Waals surface area contributed by atoms with Crippen molar-refractivity contribution < 1.29 is 9.52 Å². The lowest BCUT2D eigenvalue weighted by atomic mass is 10.1. The van der Waals surface area contributed by atoms with Crippen LogP contribution in [-0.2, 0) is 13.0 Å². The fourth-order valence-electron chi connectivity index (χ4n) is 2.47. The van der Waals surface area contributed by atoms with Gasteiger partial charge in [0.15, 0.2) is 5.69 Å². The highest BCUT2D eigenvalue weighted by molar-refractivity contribution is 6.36. The number of halogens is 2. The van der Waals surface area contributed by atoms with E-state index >= 15 is 0 Å². The largest absolute Gasteiger partial charge is 0.437 e. The minimum Gasteiger partial charge on any atom is -0.392 e. The molecular weight excluding hydrogens is 413 g/mol. The molecule has 0 aliphatic carbocycles. The van der Waals surface area contributed by atoms with Gasteiger partial charge in [-0.05, 0) is 31.5 Å². The molecule has 12 heteroatoms. The number of aliphatic hydroxyl groups excluding tert-OH is 1. The van der Waals surface area contributed by atoms with Crippen LogP contribution in [0.5, 0.6) is 0 Å². The highest BCUT2D eigenvalue weighted by atomic mass is 35.5. The van der Waals surface area contributed by atoms with Gasteiger partial charge in [-0.2, -0.15) is 14.5 Å². The third-order valence-corrected chi connectivity index (χ3v) is 4.52. The Kier molecular flexibility index (Phi) is 5.54. The Morgan fingerprint density at radius 1 is 1.18 bits per heavy atom. The number of H-pyrrole nitrogens is 1. The van der Waals surface area contributed by atoms with Crippen LogP contribution in [0.4, 0.5) is 0 Å². The molecule has 1 aromatic carbocycles. The van der Waals surface area contributed by atoms with E-state index in [1.165, 1.54) is 16.8 Å². The smallest absolute Gasteiger partial charge is 0.392 e. The maximum atomic E-state index is 12.0. The minimum absolute atomic E-state index is 0.0583. The van der Waals surface area contributed by atoms with E-state index in [-0.39, 0.29) is 39.8 Å². The van der Waals surface area contributed by atoms with E-state index in [1.54, 1.807) is 13.8 Å². The zero-order valence-corrected chi connectivity index (χ0v) is 16.3. The van der Waals surface area contributed by atoms with E-state index < -0.39 is 23.6 Å². The number of hydrogen-bond donors (Lipinski definition) is 2. The summed E-state index contributed by atoms with van der Waals surface area (Å²) in [5.41, 5.74) is -1.22. The van der Waals surface area contributed by atoms with Crippen LogP contribution in [0.2, 0.25) is 10.0 Å². The van der Waals surface area contributed by atoms with Crippen molar-refractivity contribution >= 4 is 23.2 Å². The fourth-order valence-corrected chi connectivity index (χ4v) is 3.08. The minimum atomic E-state index is -0.816. The summed E-state index contributed by atoms with van der Waals surface area (Å²) < 4.78 is 7.17. The predicted molar refractivity (Wildman–Crippen MR) is 100 cm³/mol. The van der Waals surface area contributed by atoms with Crippen LogP contribution in [0.3, 0.4) is 0 Å². The Morgan fingerprint density at radius 2 is 1.82 bits per heavy atom. The highest BCUT2D eigenvalue weighted by Crippen LogP contribution is 2.29. The quantitative estimate of drug-likeness (QED) is 0.620. The monoisotopic (exact) mass is 427 g/mol. The molecule has 0 fully saturated rings. The molecule has 28 heavy (non-hydrogen) atoms. The van der Waals surface area contributed by atoms with Gasteiger partial charge in [-0.25, -0.2) is 9.59 Å². The van der Waals surface area contributed by atoms with Crippen molar-refractivity contribution in [1.82, 2.24) is 24.5 Å². The maximum absolute atomic E-state index is 12.0. The number of aliphatic hydroxyl groups is 1. The van der Waals surface area contributed by atoms with E-state index in [2.05, 4.69) is 15.2 Å². The van der Waals surface area contributed by atoms with Gasteiger partial charge in [0, 0.05) is 10.0 Å². The summed E-state index contributed by atoms with van der Waals surface area (Å²) in [6, 6.07) is 2.65. The molecule has 10 nitrogen and oxygen atoms in total. The number of hydrogen-bond acceptors (Lipinski definition) is 7. The van der Waals surface area contributed by atoms with Gasteiger partial charge in [-0.3, -0.25) is 9.78 Å². The summed E-state index contributed by atoms with van der Waals surface area (Å²) in [4.78, 5) is 37.4. The van der Waals surface area contributed by atoms with Gasteiger partial charge >= 0.3 is 11.4 Å². The highest BCUT2D eigenvalue weighted by Gasteiger charge is 2.17. The van der Waals surface area contributed by atoms with Crippen molar-refractivity contribution in [3.05, 3.63) is 70.7 Å². The van der Waals surface area contributed by atoms with Crippen molar-refractivity contribution in [3.8, 4) is 5.69 Å². The zero-order valence-electron chi connectivity index (χ0n) is 14.8. The maximum Gasteiger partial charge on any atom is 0.437 e. The Labute approximate surface area is 167 Å².